The molecule has 2 N–H and O–H groups in total. The molecule has 10 rings (SSSR count). The van der Waals surface area contributed by atoms with Crippen LogP contribution >= 0.6 is 0 Å². The number of fused-ring (bicyclic) bond motifs is 10. The molecule has 0 radical (unpaired) electrons. The first-order chi connectivity index (χ1) is 27.9. The number of nitrogens with two attached hydrogens (primary N) is 1. The predicted octanol–water partition coefficient (Wildman–Crippen LogP) is 14.1. The van der Waals surface area contributed by atoms with E-state index in [1.807, 2.05) is 48.5 Å². The highest BCUT2D eigenvalue weighted by Crippen LogP contribution is 2.62. The molecular weight excluding hydrogens is 687 g/mol. The van der Waals surface area contributed by atoms with E-state index in [0.29, 0.717) is 0 Å². The van der Waals surface area contributed by atoms with Crippen LogP contribution in [-0.2, 0) is 10.8 Å². The van der Waals surface area contributed by atoms with Crippen molar-refractivity contribution >= 4 is 28.1 Å². The molecule has 2 aliphatic carbocycles. The van der Waals surface area contributed by atoms with Gasteiger partial charge in [0.25, 0.3) is 0 Å². The van der Waals surface area contributed by atoms with Crippen LogP contribution in [0.15, 0.2) is 213 Å². The average molecular weight is 732 g/mol. The smallest absolute Gasteiger partial charge is 0.0719 e. The van der Waals surface area contributed by atoms with Gasteiger partial charge in [0.1, 0.15) is 0 Å². The molecule has 0 amide bonds. The topological polar surface area (TPSA) is 26.0 Å². The second-order valence-electron chi connectivity index (χ2n) is 15.6. The molecule has 57 heavy (non-hydrogen) atoms. The van der Waals surface area contributed by atoms with Gasteiger partial charge in [0.15, 0.2) is 0 Å². The molecule has 8 aromatic rings. The van der Waals surface area contributed by atoms with E-state index in [1.54, 1.807) is 0 Å². The number of nitrogen functional groups attached to an aromatic ring is 1. The Kier molecular flexibility index (Phi) is 9.15. The van der Waals surface area contributed by atoms with Gasteiger partial charge in [-0.3, -0.25) is 0 Å². The Hall–Kier alpha value is -6.96. The Balaban J connectivity index is 0.000000276. The maximum absolute atomic E-state index is 5.60. The van der Waals surface area contributed by atoms with E-state index in [0.717, 1.165) is 11.3 Å². The molecule has 0 bridgehead atoms. The lowest BCUT2D eigenvalue weighted by molar-refractivity contribution is 0.563. The fourth-order valence-corrected chi connectivity index (χ4v) is 9.22. The van der Waals surface area contributed by atoms with Gasteiger partial charge < -0.3 is 5.73 Å². The molecule has 0 unspecified atom stereocenters. The summed E-state index contributed by atoms with van der Waals surface area (Å²) in [5.74, 6) is 0. The molecule has 2 aliphatic rings. The van der Waals surface area contributed by atoms with E-state index in [9.17, 15) is 0 Å². The number of allylic oxidation sites excluding steroid dienone is 4. The highest BCUT2D eigenvalue weighted by molar-refractivity contribution is 5.91. The third-order valence-corrected chi connectivity index (χ3v) is 11.9. The molecule has 1 nitrogen and oxygen atoms in total. The Labute approximate surface area is 336 Å². The summed E-state index contributed by atoms with van der Waals surface area (Å²) in [6.45, 7) is 8.76. The van der Waals surface area contributed by atoms with Gasteiger partial charge in [-0.2, -0.15) is 0 Å². The van der Waals surface area contributed by atoms with Crippen LogP contribution in [-0.4, -0.2) is 0 Å². The highest BCUT2D eigenvalue weighted by atomic mass is 14.5. The van der Waals surface area contributed by atoms with E-state index in [-0.39, 0.29) is 10.8 Å². The van der Waals surface area contributed by atoms with Gasteiger partial charge in [0.05, 0.1) is 5.41 Å². The molecule has 0 aromatic heterocycles. The number of rotatable bonds is 5. The lowest BCUT2D eigenvalue weighted by Gasteiger charge is -2.46. The summed E-state index contributed by atoms with van der Waals surface area (Å²) in [4.78, 5) is 0. The van der Waals surface area contributed by atoms with E-state index in [2.05, 4.69) is 184 Å². The summed E-state index contributed by atoms with van der Waals surface area (Å²) in [6, 6.07) is 67.6. The minimum atomic E-state index is -0.378. The molecule has 8 aromatic carbocycles. The van der Waals surface area contributed by atoms with Crippen LogP contribution in [0.4, 0.5) is 5.69 Å². The third kappa shape index (κ3) is 6.13. The summed E-state index contributed by atoms with van der Waals surface area (Å²) in [5.41, 5.74) is 22.8. The van der Waals surface area contributed by atoms with Crippen molar-refractivity contribution in [2.75, 3.05) is 5.73 Å². The summed E-state index contributed by atoms with van der Waals surface area (Å²) < 4.78 is 0. The molecule has 0 saturated heterocycles. The quantitative estimate of drug-likeness (QED) is 0.138. The molecule has 0 heterocycles. The SMILES string of the molecule is C=C/C=C(\C=C/c1ccc2c(c1)C1(c3ccccc3-2)c2ccccc2C(C)(C)c2ccccc21)c1ccc2ccccc2c1.Nc1ccc(-c2ccccc2)cc1. The Morgan fingerprint density at radius 2 is 1.05 bits per heavy atom. The average Bonchev–Trinajstić information content (AvgIpc) is 3.55. The van der Waals surface area contributed by atoms with Crippen LogP contribution in [0, 0.1) is 0 Å². The number of benzene rings is 8. The van der Waals surface area contributed by atoms with Gasteiger partial charge in [-0.25, -0.2) is 0 Å². The number of hydrogen-bond acceptors (Lipinski definition) is 1. The van der Waals surface area contributed by atoms with Gasteiger partial charge >= 0.3 is 0 Å². The van der Waals surface area contributed by atoms with Crippen LogP contribution < -0.4 is 5.73 Å². The monoisotopic (exact) mass is 731 g/mol. The predicted molar refractivity (Wildman–Crippen MR) is 243 cm³/mol. The van der Waals surface area contributed by atoms with Gasteiger partial charge in [-0.05, 0) is 107 Å². The standard InChI is InChI=1S/C44H34.C12H11N/c1-4-13-31(34-26-25-32-14-5-6-15-33(32)29-34)24-22-30-23-27-36-35-16-7-8-17-37(35)44(42(36)28-30)40-20-11-9-18-38(40)43(2,3)39-19-10-12-21-41(39)44;13-12-8-6-11(7-9-12)10-4-2-1-3-5-10/h4-29H,1H2,2-3H3;1-9H,13H2/b24-22-,31-13+;. The number of anilines is 1. The summed E-state index contributed by atoms with van der Waals surface area (Å²) in [5, 5.41) is 2.49. The zero-order valence-electron chi connectivity index (χ0n) is 32.5. The van der Waals surface area contributed by atoms with Crippen molar-refractivity contribution in [2.24, 2.45) is 0 Å². The van der Waals surface area contributed by atoms with Crippen molar-refractivity contribution < 1.29 is 0 Å². The maximum atomic E-state index is 5.60. The van der Waals surface area contributed by atoms with E-state index >= 15 is 0 Å². The van der Waals surface area contributed by atoms with Crippen molar-refractivity contribution in [3.8, 4) is 22.3 Å². The normalized spacial score (nSPS) is 14.2. The molecule has 274 valence electrons. The first-order valence-corrected chi connectivity index (χ1v) is 19.7. The zero-order chi connectivity index (χ0) is 39.0. The first kappa shape index (κ1) is 35.7. The van der Waals surface area contributed by atoms with Crippen molar-refractivity contribution in [1.82, 2.24) is 0 Å². The van der Waals surface area contributed by atoms with Gasteiger partial charge in [0, 0.05) is 11.1 Å². The van der Waals surface area contributed by atoms with Crippen molar-refractivity contribution in [1.29, 1.82) is 0 Å². The molecule has 1 heteroatoms. The van der Waals surface area contributed by atoms with Crippen LogP contribution in [0.3, 0.4) is 0 Å². The van der Waals surface area contributed by atoms with Crippen LogP contribution in [0.1, 0.15) is 58.4 Å². The first-order valence-electron chi connectivity index (χ1n) is 19.7. The number of hydrogen-bond donors (Lipinski definition) is 1. The fourth-order valence-electron chi connectivity index (χ4n) is 9.22. The Bertz CT molecular complexity index is 2780. The minimum Gasteiger partial charge on any atom is -0.399 e. The van der Waals surface area contributed by atoms with Crippen LogP contribution in [0.2, 0.25) is 0 Å². The molecule has 0 saturated carbocycles. The van der Waals surface area contributed by atoms with E-state index < -0.39 is 0 Å². The fraction of sp³-hybridized carbons (Fsp3) is 0.0714. The van der Waals surface area contributed by atoms with Crippen LogP contribution in [0.25, 0.3) is 44.7 Å². The van der Waals surface area contributed by atoms with E-state index in [4.69, 9.17) is 5.73 Å². The molecular formula is C56H45N. The maximum Gasteiger partial charge on any atom is 0.0719 e. The molecule has 0 atom stereocenters. The van der Waals surface area contributed by atoms with Crippen molar-refractivity contribution in [3.05, 3.63) is 257 Å². The summed E-state index contributed by atoms with van der Waals surface area (Å²) >= 11 is 0. The Morgan fingerprint density at radius 1 is 0.491 bits per heavy atom. The largest absolute Gasteiger partial charge is 0.399 e. The second kappa shape index (κ2) is 14.6. The van der Waals surface area contributed by atoms with Gasteiger partial charge in [0.2, 0.25) is 0 Å². The lowest BCUT2D eigenvalue weighted by atomic mass is 9.55. The molecule has 0 aliphatic heterocycles. The summed E-state index contributed by atoms with van der Waals surface area (Å²) in [6.07, 6.45) is 8.46. The summed E-state index contributed by atoms with van der Waals surface area (Å²) in [7, 11) is 0. The Morgan fingerprint density at radius 3 is 1.74 bits per heavy atom. The van der Waals surface area contributed by atoms with Gasteiger partial charge in [-0.1, -0.05) is 209 Å². The molecule has 0 fully saturated rings. The van der Waals surface area contributed by atoms with Crippen LogP contribution in [0.5, 0.6) is 0 Å². The lowest BCUT2D eigenvalue weighted by Crippen LogP contribution is -2.40. The second-order valence-corrected chi connectivity index (χ2v) is 15.6. The minimum absolute atomic E-state index is 0.0993. The molecule has 1 spiro atoms. The third-order valence-electron chi connectivity index (χ3n) is 11.9. The van der Waals surface area contributed by atoms with Gasteiger partial charge in [-0.15, -0.1) is 0 Å². The van der Waals surface area contributed by atoms with Crippen molar-refractivity contribution in [3.63, 3.8) is 0 Å². The van der Waals surface area contributed by atoms with E-state index in [1.165, 1.54) is 77.5 Å². The highest BCUT2D eigenvalue weighted by Gasteiger charge is 2.53. The van der Waals surface area contributed by atoms with Crippen molar-refractivity contribution in [2.45, 2.75) is 24.7 Å². The zero-order valence-corrected chi connectivity index (χ0v) is 32.5.